The van der Waals surface area contributed by atoms with Gasteiger partial charge in [0.15, 0.2) is 5.66 Å². The number of hydrogen-bond acceptors (Lipinski definition) is 3. The summed E-state index contributed by atoms with van der Waals surface area (Å²) in [5.41, 5.74) is 0.495. The summed E-state index contributed by atoms with van der Waals surface area (Å²) >= 11 is 14.4. The van der Waals surface area contributed by atoms with Crippen LogP contribution in [0.25, 0.3) is 0 Å². The van der Waals surface area contributed by atoms with Crippen molar-refractivity contribution in [2.24, 2.45) is 10.4 Å². The largest absolute Gasteiger partial charge is 0.343 e. The summed E-state index contributed by atoms with van der Waals surface area (Å²) in [7, 11) is 0. The van der Waals surface area contributed by atoms with Crippen LogP contribution in [0.5, 0.6) is 0 Å². The number of halogens is 3. The van der Waals surface area contributed by atoms with Crippen molar-refractivity contribution < 1.29 is 9.59 Å². The molecule has 6 nitrogen and oxygen atoms in total. The molecule has 3 amide bonds. The highest BCUT2D eigenvalue weighted by Crippen LogP contribution is 2.68. The van der Waals surface area contributed by atoms with Gasteiger partial charge in [0.1, 0.15) is 5.66 Å². The van der Waals surface area contributed by atoms with Gasteiger partial charge in [0.2, 0.25) is 5.91 Å². The van der Waals surface area contributed by atoms with Crippen LogP contribution >= 0.6 is 43.5 Å². The first-order valence-corrected chi connectivity index (χ1v) is 11.5. The maximum atomic E-state index is 13.1. The van der Waals surface area contributed by atoms with Crippen LogP contribution in [0.4, 0.5) is 10.5 Å². The lowest BCUT2D eigenvalue weighted by molar-refractivity contribution is -0.129. The summed E-state index contributed by atoms with van der Waals surface area (Å²) in [6, 6.07) is 3.70. The number of nitrogens with one attached hydrogen (secondary N) is 1. The lowest BCUT2D eigenvalue weighted by atomic mass is 9.65. The van der Waals surface area contributed by atoms with Gasteiger partial charge in [-0.3, -0.25) is 9.69 Å². The van der Waals surface area contributed by atoms with E-state index in [1.54, 1.807) is 6.20 Å². The molecule has 4 atom stereocenters. The molecular formula is C20H17Br2ClN4O2. The van der Waals surface area contributed by atoms with E-state index in [1.807, 2.05) is 17.0 Å². The number of urea groups is 1. The maximum absolute atomic E-state index is 13.1. The average molecular weight is 541 g/mol. The number of carbonyl (C=O) groups excluding carboxylic acids is 2. The number of carbonyl (C=O) groups is 2. The van der Waals surface area contributed by atoms with Crippen molar-refractivity contribution in [1.82, 2.24) is 10.2 Å². The number of benzene rings is 1. The van der Waals surface area contributed by atoms with E-state index in [9.17, 15) is 9.59 Å². The van der Waals surface area contributed by atoms with E-state index < -0.39 is 16.7 Å². The number of amides is 3. The van der Waals surface area contributed by atoms with Crippen LogP contribution in [-0.2, 0) is 4.79 Å². The lowest BCUT2D eigenvalue weighted by Gasteiger charge is -2.63. The van der Waals surface area contributed by atoms with Crippen LogP contribution in [-0.4, -0.2) is 39.3 Å². The monoisotopic (exact) mass is 538 g/mol. The Morgan fingerprint density at radius 1 is 1.28 bits per heavy atom. The summed E-state index contributed by atoms with van der Waals surface area (Å²) < 4.78 is 1.87. The van der Waals surface area contributed by atoms with E-state index in [4.69, 9.17) is 11.6 Å². The standard InChI is InChI=1S/C20H17Br2ClN4O2/c1-18(2)13(23)8-19-10-7-15(28)26(19)4-3-14-20(18,25-17(29)24-14)27(19)12-6-9(21)5-11(22)16(10)12/h3-6,10,13H,7-8H2,1-2H3,(H,25,29)/t10-,13+,19+,20-/m1/s1. The minimum Gasteiger partial charge on any atom is -0.318 e. The zero-order valence-corrected chi connectivity index (χ0v) is 19.6. The Hall–Kier alpha value is -1.38. The van der Waals surface area contributed by atoms with E-state index in [0.717, 1.165) is 20.2 Å². The van der Waals surface area contributed by atoms with Crippen LogP contribution in [0.15, 0.2) is 38.3 Å². The number of nitrogens with zero attached hydrogens (tertiary/aromatic N) is 3. The average Bonchev–Trinajstić information content (AvgIpc) is 3.14. The first-order chi connectivity index (χ1) is 13.6. The van der Waals surface area contributed by atoms with Crippen molar-refractivity contribution >= 4 is 66.8 Å². The Morgan fingerprint density at radius 2 is 2.03 bits per heavy atom. The van der Waals surface area contributed by atoms with Crippen LogP contribution in [0.3, 0.4) is 0 Å². The molecule has 5 aliphatic rings. The highest BCUT2D eigenvalue weighted by atomic mass is 79.9. The van der Waals surface area contributed by atoms with E-state index in [-0.39, 0.29) is 23.2 Å². The molecule has 0 radical (unpaired) electrons. The predicted molar refractivity (Wildman–Crippen MR) is 117 cm³/mol. The molecule has 2 spiro atoms. The van der Waals surface area contributed by atoms with Crippen LogP contribution in [0.2, 0.25) is 0 Å². The second-order valence-corrected chi connectivity index (χ2v) is 11.2. The van der Waals surface area contributed by atoms with Crippen LogP contribution < -0.4 is 10.2 Å². The summed E-state index contributed by atoms with van der Waals surface area (Å²) in [6.07, 6.45) is 4.60. The van der Waals surface area contributed by atoms with Crippen molar-refractivity contribution in [3.8, 4) is 0 Å². The predicted octanol–water partition coefficient (Wildman–Crippen LogP) is 4.47. The Kier molecular flexibility index (Phi) is 3.34. The van der Waals surface area contributed by atoms with Gasteiger partial charge in [-0.25, -0.2) is 4.79 Å². The van der Waals surface area contributed by atoms with Gasteiger partial charge in [0, 0.05) is 50.4 Å². The minimum absolute atomic E-state index is 0.0577. The normalized spacial score (nSPS) is 37.8. The third kappa shape index (κ3) is 1.80. The third-order valence-electron chi connectivity index (χ3n) is 7.46. The number of anilines is 1. The molecule has 2 bridgehead atoms. The molecule has 1 aromatic carbocycles. The zero-order valence-electron chi connectivity index (χ0n) is 15.7. The van der Waals surface area contributed by atoms with Gasteiger partial charge < -0.3 is 10.2 Å². The summed E-state index contributed by atoms with van der Waals surface area (Å²) in [4.78, 5) is 34.1. The molecule has 2 fully saturated rings. The summed E-state index contributed by atoms with van der Waals surface area (Å²) in [6.45, 7) is 4.14. The summed E-state index contributed by atoms with van der Waals surface area (Å²) in [5.74, 6) is -0.00876. The molecule has 5 heterocycles. The van der Waals surface area contributed by atoms with Crippen molar-refractivity contribution in [2.75, 3.05) is 4.90 Å². The van der Waals surface area contributed by atoms with Gasteiger partial charge in [0.25, 0.3) is 0 Å². The number of rotatable bonds is 0. The van der Waals surface area contributed by atoms with Gasteiger partial charge in [-0.1, -0.05) is 45.7 Å². The first-order valence-electron chi connectivity index (χ1n) is 9.49. The molecule has 0 aromatic heterocycles. The maximum Gasteiger partial charge on any atom is 0.343 e. The van der Waals surface area contributed by atoms with Gasteiger partial charge in [0.05, 0.1) is 5.71 Å². The number of hydrogen-bond donors (Lipinski definition) is 1. The van der Waals surface area contributed by atoms with Crippen molar-refractivity contribution in [2.45, 2.75) is 49.3 Å². The molecule has 29 heavy (non-hydrogen) atoms. The zero-order chi connectivity index (χ0) is 20.5. The van der Waals surface area contributed by atoms with E-state index in [0.29, 0.717) is 18.6 Å². The number of fused-ring (bicyclic) bond motifs is 2. The fraction of sp³-hybridized carbons (Fsp3) is 0.450. The van der Waals surface area contributed by atoms with Gasteiger partial charge >= 0.3 is 6.03 Å². The first kappa shape index (κ1) is 18.4. The van der Waals surface area contributed by atoms with Crippen LogP contribution in [0.1, 0.15) is 38.2 Å². The smallest absolute Gasteiger partial charge is 0.318 e. The number of aliphatic imine (C=N–C) groups is 1. The van der Waals surface area contributed by atoms with Crippen molar-refractivity contribution in [3.63, 3.8) is 0 Å². The Labute approximate surface area is 189 Å². The SMILES string of the molecule is CC1(C)[C@@H](Cl)C[C@]23[C@@H]4CC(=O)N2C=CC2=NC(=O)N[C@@]21N3c1cc(Br)cc(Br)c14. The van der Waals surface area contributed by atoms with E-state index in [2.05, 4.69) is 67.0 Å². The van der Waals surface area contributed by atoms with E-state index >= 15 is 0 Å². The topological polar surface area (TPSA) is 65.0 Å². The van der Waals surface area contributed by atoms with Crippen molar-refractivity contribution in [3.05, 3.63) is 38.9 Å². The van der Waals surface area contributed by atoms with Crippen molar-refractivity contribution in [1.29, 1.82) is 0 Å². The number of alkyl halides is 1. The molecular weight excluding hydrogens is 524 g/mol. The fourth-order valence-corrected chi connectivity index (χ4v) is 8.04. The van der Waals surface area contributed by atoms with Gasteiger partial charge in [-0.2, -0.15) is 4.99 Å². The quantitative estimate of drug-likeness (QED) is 0.494. The molecule has 1 N–H and O–H groups in total. The molecule has 2 saturated heterocycles. The lowest BCUT2D eigenvalue weighted by Crippen LogP contribution is -2.81. The Bertz CT molecular complexity index is 1100. The highest BCUT2D eigenvalue weighted by molar-refractivity contribution is 9.11. The summed E-state index contributed by atoms with van der Waals surface area (Å²) in [5, 5.41) is 2.89. The molecule has 6 rings (SSSR count). The molecule has 1 aromatic rings. The minimum atomic E-state index is -0.950. The molecule has 0 unspecified atom stereocenters. The Balaban J connectivity index is 1.78. The van der Waals surface area contributed by atoms with E-state index in [1.165, 1.54) is 0 Å². The second-order valence-electron chi connectivity index (χ2n) is 8.90. The molecule has 0 aliphatic carbocycles. The second kappa shape index (κ2) is 5.26. The molecule has 9 heteroatoms. The third-order valence-corrected chi connectivity index (χ3v) is 9.28. The van der Waals surface area contributed by atoms with Gasteiger partial charge in [-0.05, 0) is 23.8 Å². The fourth-order valence-electron chi connectivity index (χ4n) is 6.18. The highest BCUT2D eigenvalue weighted by Gasteiger charge is 2.76. The van der Waals surface area contributed by atoms with Crippen LogP contribution in [0, 0.1) is 5.41 Å². The molecule has 150 valence electrons. The number of piperidine rings is 1. The molecule has 5 aliphatic heterocycles. The van der Waals surface area contributed by atoms with Gasteiger partial charge in [-0.15, -0.1) is 11.6 Å². The molecule has 0 saturated carbocycles. The Morgan fingerprint density at radius 3 is 2.79 bits per heavy atom.